The van der Waals surface area contributed by atoms with Crippen LogP contribution in [0.15, 0.2) is 18.2 Å². The van der Waals surface area contributed by atoms with Gasteiger partial charge in [-0.3, -0.25) is 4.79 Å². The number of carboxylic acid groups (broad SMARTS) is 1. The number of aryl methyl sites for hydroxylation is 2. The van der Waals surface area contributed by atoms with E-state index in [0.717, 1.165) is 11.1 Å². The first-order chi connectivity index (χ1) is 9.43. The molecule has 1 rings (SSSR count). The Balaban J connectivity index is 2.40. The summed E-state index contributed by atoms with van der Waals surface area (Å²) in [6.45, 7) is 3.40. The molecule has 0 unspecified atom stereocenters. The Morgan fingerprint density at radius 3 is 2.60 bits per heavy atom. The molecule has 0 saturated carbocycles. The molecule has 0 heterocycles. The van der Waals surface area contributed by atoms with Gasteiger partial charge in [-0.15, -0.1) is 0 Å². The number of amides is 1. The number of rotatable bonds is 7. The molecule has 0 fully saturated rings. The predicted molar refractivity (Wildman–Crippen MR) is 72.7 cm³/mol. The lowest BCUT2D eigenvalue weighted by Gasteiger charge is -2.12. The highest BCUT2D eigenvalue weighted by Gasteiger charge is 2.18. The molecule has 0 aliphatic rings. The second-order valence-electron chi connectivity index (χ2n) is 4.51. The minimum absolute atomic E-state index is 0.0249. The number of aliphatic hydroxyl groups is 1. The minimum Gasteiger partial charge on any atom is -0.493 e. The zero-order valence-electron chi connectivity index (χ0n) is 11.5. The van der Waals surface area contributed by atoms with Gasteiger partial charge in [-0.2, -0.15) is 0 Å². The highest BCUT2D eigenvalue weighted by atomic mass is 16.5. The third-order valence-corrected chi connectivity index (χ3v) is 2.73. The van der Waals surface area contributed by atoms with E-state index in [0.29, 0.717) is 5.75 Å². The summed E-state index contributed by atoms with van der Waals surface area (Å²) < 4.78 is 5.47. The highest BCUT2D eigenvalue weighted by molar-refractivity contribution is 5.83. The van der Waals surface area contributed by atoms with Crippen LogP contribution in [0, 0.1) is 13.8 Å². The van der Waals surface area contributed by atoms with Crippen molar-refractivity contribution in [1.29, 1.82) is 0 Å². The standard InChI is InChI=1S/C14H19NO5/c1-9-3-4-12(10(2)7-9)20-6-5-13(17)15-11(8-16)14(18)19/h3-4,7,11,16H,5-6,8H2,1-2H3,(H,15,17)(H,18,19)/t11-/m0/s1. The number of aliphatic carboxylic acids is 1. The Labute approximate surface area is 117 Å². The molecule has 0 aliphatic carbocycles. The Bertz CT molecular complexity index is 486. The molecule has 1 amide bonds. The van der Waals surface area contributed by atoms with Crippen LogP contribution in [-0.4, -0.2) is 41.3 Å². The van der Waals surface area contributed by atoms with Gasteiger partial charge in [0.15, 0.2) is 0 Å². The van der Waals surface area contributed by atoms with Gasteiger partial charge in [-0.25, -0.2) is 4.79 Å². The van der Waals surface area contributed by atoms with E-state index in [1.807, 2.05) is 32.0 Å². The number of nitrogens with one attached hydrogen (secondary N) is 1. The molecule has 0 aliphatic heterocycles. The fourth-order valence-electron chi connectivity index (χ4n) is 1.67. The Morgan fingerprint density at radius 2 is 2.05 bits per heavy atom. The second kappa shape index (κ2) is 7.49. The van der Waals surface area contributed by atoms with E-state index in [2.05, 4.69) is 5.32 Å². The fraction of sp³-hybridized carbons (Fsp3) is 0.429. The number of carboxylic acids is 1. The van der Waals surface area contributed by atoms with Crippen LogP contribution in [0.4, 0.5) is 0 Å². The highest BCUT2D eigenvalue weighted by Crippen LogP contribution is 2.18. The van der Waals surface area contributed by atoms with Crippen LogP contribution in [0.25, 0.3) is 0 Å². The maximum absolute atomic E-state index is 11.5. The Kier molecular flexibility index (Phi) is 5.99. The van der Waals surface area contributed by atoms with E-state index in [-0.39, 0.29) is 13.0 Å². The summed E-state index contributed by atoms with van der Waals surface area (Å²) in [4.78, 5) is 22.1. The zero-order chi connectivity index (χ0) is 15.1. The first kappa shape index (κ1) is 16.0. The van der Waals surface area contributed by atoms with Crippen molar-refractivity contribution in [2.75, 3.05) is 13.2 Å². The number of carbonyl (C=O) groups excluding carboxylic acids is 1. The summed E-state index contributed by atoms with van der Waals surface area (Å²) >= 11 is 0. The lowest BCUT2D eigenvalue weighted by atomic mass is 10.1. The number of benzene rings is 1. The van der Waals surface area contributed by atoms with Crippen molar-refractivity contribution in [2.24, 2.45) is 0 Å². The number of hydrogen-bond acceptors (Lipinski definition) is 4. The van der Waals surface area contributed by atoms with Crippen molar-refractivity contribution in [3.8, 4) is 5.75 Å². The van der Waals surface area contributed by atoms with E-state index >= 15 is 0 Å². The first-order valence-electron chi connectivity index (χ1n) is 6.27. The summed E-state index contributed by atoms with van der Waals surface area (Å²) in [6, 6.07) is 4.44. The third-order valence-electron chi connectivity index (χ3n) is 2.73. The van der Waals surface area contributed by atoms with Gasteiger partial charge >= 0.3 is 5.97 Å². The minimum atomic E-state index is -1.27. The lowest BCUT2D eigenvalue weighted by Crippen LogP contribution is -2.43. The number of aliphatic hydroxyl groups excluding tert-OH is 1. The van der Waals surface area contributed by atoms with Crippen molar-refractivity contribution in [3.63, 3.8) is 0 Å². The van der Waals surface area contributed by atoms with Crippen LogP contribution in [0.1, 0.15) is 17.5 Å². The van der Waals surface area contributed by atoms with Gasteiger partial charge in [-0.05, 0) is 25.5 Å². The maximum Gasteiger partial charge on any atom is 0.328 e. The molecule has 1 aromatic rings. The Hall–Kier alpha value is -2.08. The SMILES string of the molecule is Cc1ccc(OCCC(=O)N[C@@H](CO)C(=O)O)c(C)c1. The quantitative estimate of drug-likeness (QED) is 0.681. The molecule has 1 atom stereocenters. The Morgan fingerprint density at radius 1 is 1.35 bits per heavy atom. The molecule has 110 valence electrons. The average molecular weight is 281 g/mol. The smallest absolute Gasteiger partial charge is 0.328 e. The van der Waals surface area contributed by atoms with Gasteiger partial charge in [0.2, 0.25) is 5.91 Å². The molecule has 0 saturated heterocycles. The first-order valence-corrected chi connectivity index (χ1v) is 6.27. The zero-order valence-corrected chi connectivity index (χ0v) is 11.5. The van der Waals surface area contributed by atoms with E-state index in [1.165, 1.54) is 0 Å². The fourth-order valence-corrected chi connectivity index (χ4v) is 1.67. The number of carbonyl (C=O) groups is 2. The van der Waals surface area contributed by atoms with Crippen LogP contribution in [0.5, 0.6) is 5.75 Å². The van der Waals surface area contributed by atoms with E-state index in [9.17, 15) is 9.59 Å². The largest absolute Gasteiger partial charge is 0.493 e. The van der Waals surface area contributed by atoms with Crippen molar-refractivity contribution >= 4 is 11.9 Å². The van der Waals surface area contributed by atoms with Gasteiger partial charge in [0.05, 0.1) is 19.6 Å². The van der Waals surface area contributed by atoms with E-state index in [4.69, 9.17) is 14.9 Å². The lowest BCUT2D eigenvalue weighted by molar-refractivity contribution is -0.143. The normalized spacial score (nSPS) is 11.8. The summed E-state index contributed by atoms with van der Waals surface area (Å²) in [7, 11) is 0. The molecular weight excluding hydrogens is 262 g/mol. The van der Waals surface area contributed by atoms with Crippen molar-refractivity contribution < 1.29 is 24.5 Å². The van der Waals surface area contributed by atoms with Gasteiger partial charge in [-0.1, -0.05) is 17.7 Å². The predicted octanol–water partition coefficient (Wildman–Crippen LogP) is 0.634. The van der Waals surface area contributed by atoms with E-state index < -0.39 is 24.5 Å². The molecule has 6 heteroatoms. The molecule has 0 bridgehead atoms. The molecule has 20 heavy (non-hydrogen) atoms. The number of ether oxygens (including phenoxy) is 1. The molecular formula is C14H19NO5. The van der Waals surface area contributed by atoms with Crippen molar-refractivity contribution in [2.45, 2.75) is 26.3 Å². The second-order valence-corrected chi connectivity index (χ2v) is 4.51. The molecule has 0 aromatic heterocycles. The summed E-state index contributed by atoms with van der Waals surface area (Å²) in [6.07, 6.45) is 0.0249. The maximum atomic E-state index is 11.5. The van der Waals surface area contributed by atoms with Crippen LogP contribution in [0.2, 0.25) is 0 Å². The van der Waals surface area contributed by atoms with Crippen LogP contribution in [-0.2, 0) is 9.59 Å². The third kappa shape index (κ3) is 4.89. The molecule has 0 radical (unpaired) electrons. The molecule has 3 N–H and O–H groups in total. The average Bonchev–Trinajstić information content (AvgIpc) is 2.38. The van der Waals surface area contributed by atoms with E-state index in [1.54, 1.807) is 0 Å². The van der Waals surface area contributed by atoms with Gasteiger partial charge in [0.25, 0.3) is 0 Å². The van der Waals surface area contributed by atoms with Crippen LogP contribution in [0.3, 0.4) is 0 Å². The number of hydrogen-bond donors (Lipinski definition) is 3. The monoisotopic (exact) mass is 281 g/mol. The van der Waals surface area contributed by atoms with Gasteiger partial charge in [0.1, 0.15) is 11.8 Å². The summed E-state index contributed by atoms with van der Waals surface area (Å²) in [5, 5.41) is 19.7. The van der Waals surface area contributed by atoms with Gasteiger partial charge in [0, 0.05) is 0 Å². The van der Waals surface area contributed by atoms with Gasteiger partial charge < -0.3 is 20.3 Å². The summed E-state index contributed by atoms with van der Waals surface area (Å²) in [5.74, 6) is -1.05. The summed E-state index contributed by atoms with van der Waals surface area (Å²) in [5.41, 5.74) is 2.10. The van der Waals surface area contributed by atoms with Crippen LogP contribution >= 0.6 is 0 Å². The van der Waals surface area contributed by atoms with Crippen LogP contribution < -0.4 is 10.1 Å². The topological polar surface area (TPSA) is 95.9 Å². The molecule has 0 spiro atoms. The van der Waals surface area contributed by atoms with Crippen molar-refractivity contribution in [1.82, 2.24) is 5.32 Å². The molecule has 6 nitrogen and oxygen atoms in total. The molecule has 1 aromatic carbocycles. The van der Waals surface area contributed by atoms with Crippen molar-refractivity contribution in [3.05, 3.63) is 29.3 Å².